The van der Waals surface area contributed by atoms with Gasteiger partial charge in [0.2, 0.25) is 0 Å². The Bertz CT molecular complexity index is 937. The van der Waals surface area contributed by atoms with E-state index in [1.165, 1.54) is 29.2 Å². The first-order valence-corrected chi connectivity index (χ1v) is 12.6. The minimum atomic E-state index is -3.38. The molecule has 2 atom stereocenters. The van der Waals surface area contributed by atoms with E-state index < -0.39 is 44.2 Å². The van der Waals surface area contributed by atoms with Crippen molar-refractivity contribution in [2.24, 2.45) is 0 Å². The third-order valence-corrected chi connectivity index (χ3v) is 7.68. The summed E-state index contributed by atoms with van der Waals surface area (Å²) in [5.41, 5.74) is 0.124. The van der Waals surface area contributed by atoms with Crippen LogP contribution in [0.25, 0.3) is 0 Å². The van der Waals surface area contributed by atoms with Crippen molar-refractivity contribution in [2.75, 3.05) is 24.4 Å². The number of benzene rings is 1. The van der Waals surface area contributed by atoms with Crippen LogP contribution in [0.3, 0.4) is 0 Å². The highest BCUT2D eigenvalue weighted by molar-refractivity contribution is 7.91. The minimum Gasteiger partial charge on any atom is -0.452 e. The first kappa shape index (κ1) is 22.4. The number of esters is 1. The molecule has 156 valence electrons. The molecule has 28 heavy (non-hydrogen) atoms. The number of ether oxygens (including phenoxy) is 1. The van der Waals surface area contributed by atoms with Crippen molar-refractivity contribution in [1.29, 1.82) is 0 Å². The normalized spacial score (nSPS) is 19.8. The summed E-state index contributed by atoms with van der Waals surface area (Å²) >= 11 is 0. The Labute approximate surface area is 165 Å². The quantitative estimate of drug-likeness (QED) is 0.593. The fourth-order valence-corrected chi connectivity index (χ4v) is 5.47. The molecule has 1 saturated heterocycles. The lowest BCUT2D eigenvalue weighted by Gasteiger charge is -2.33. The van der Waals surface area contributed by atoms with Crippen molar-refractivity contribution < 1.29 is 31.2 Å². The Morgan fingerprint density at radius 1 is 1.25 bits per heavy atom. The van der Waals surface area contributed by atoms with Gasteiger partial charge in [-0.1, -0.05) is 6.92 Å². The van der Waals surface area contributed by atoms with Gasteiger partial charge >= 0.3 is 5.97 Å². The fraction of sp³-hybridized carbons (Fsp3) is 0.556. The SMILES string of the molecule is CCC(C)N(C(=O)COC(=O)c1ccc(S(C)(=O)=O)cc1)C1CCS(=O)(=O)C1. The summed E-state index contributed by atoms with van der Waals surface area (Å²) in [4.78, 5) is 26.4. The molecule has 10 heteroatoms. The lowest BCUT2D eigenvalue weighted by Crippen LogP contribution is -2.48. The number of rotatable bonds is 7. The largest absolute Gasteiger partial charge is 0.452 e. The van der Waals surface area contributed by atoms with Gasteiger partial charge in [0.25, 0.3) is 5.91 Å². The number of carbonyl (C=O) groups is 2. The van der Waals surface area contributed by atoms with Crippen LogP contribution in [0.1, 0.15) is 37.0 Å². The highest BCUT2D eigenvalue weighted by Gasteiger charge is 2.36. The number of sulfone groups is 2. The van der Waals surface area contributed by atoms with Gasteiger partial charge in [0.15, 0.2) is 26.3 Å². The molecule has 1 heterocycles. The maximum absolute atomic E-state index is 12.6. The van der Waals surface area contributed by atoms with Gasteiger partial charge in [0, 0.05) is 18.3 Å². The first-order valence-electron chi connectivity index (χ1n) is 8.93. The molecule has 2 rings (SSSR count). The molecule has 1 aromatic rings. The van der Waals surface area contributed by atoms with Crippen LogP contribution in [0.4, 0.5) is 0 Å². The van der Waals surface area contributed by atoms with Crippen LogP contribution in [0, 0.1) is 0 Å². The molecule has 1 fully saturated rings. The second-order valence-corrected chi connectivity index (χ2v) is 11.2. The molecule has 0 spiro atoms. The summed E-state index contributed by atoms with van der Waals surface area (Å²) in [5.74, 6) is -1.23. The van der Waals surface area contributed by atoms with Crippen molar-refractivity contribution >= 4 is 31.6 Å². The summed E-state index contributed by atoms with van der Waals surface area (Å²) in [7, 11) is -6.53. The van der Waals surface area contributed by atoms with E-state index >= 15 is 0 Å². The molecular weight excluding hydrogens is 406 g/mol. The van der Waals surface area contributed by atoms with Crippen molar-refractivity contribution in [3.05, 3.63) is 29.8 Å². The molecule has 0 radical (unpaired) electrons. The van der Waals surface area contributed by atoms with E-state index in [0.717, 1.165) is 6.26 Å². The van der Waals surface area contributed by atoms with E-state index in [-0.39, 0.29) is 28.0 Å². The molecule has 0 aromatic heterocycles. The van der Waals surface area contributed by atoms with E-state index in [0.29, 0.717) is 12.8 Å². The molecule has 1 aliphatic heterocycles. The van der Waals surface area contributed by atoms with Gasteiger partial charge in [-0.3, -0.25) is 4.79 Å². The lowest BCUT2D eigenvalue weighted by molar-refractivity contribution is -0.138. The van der Waals surface area contributed by atoms with Crippen molar-refractivity contribution in [2.45, 2.75) is 43.7 Å². The second kappa shape index (κ2) is 8.60. The average Bonchev–Trinajstić information content (AvgIpc) is 2.98. The molecule has 8 nitrogen and oxygen atoms in total. The predicted molar refractivity (Wildman–Crippen MR) is 103 cm³/mol. The maximum atomic E-state index is 12.6. The van der Waals surface area contributed by atoms with E-state index in [1.807, 2.05) is 13.8 Å². The Balaban J connectivity index is 2.04. The fourth-order valence-electron chi connectivity index (χ4n) is 3.12. The molecular formula is C18H25NO7S2. The van der Waals surface area contributed by atoms with E-state index in [9.17, 15) is 26.4 Å². The second-order valence-electron chi connectivity index (χ2n) is 6.99. The van der Waals surface area contributed by atoms with Crippen LogP contribution >= 0.6 is 0 Å². The molecule has 1 amide bonds. The van der Waals surface area contributed by atoms with Gasteiger partial charge in [0.1, 0.15) is 0 Å². The highest BCUT2D eigenvalue weighted by atomic mass is 32.2. The lowest BCUT2D eigenvalue weighted by atomic mass is 10.1. The maximum Gasteiger partial charge on any atom is 0.338 e. The summed E-state index contributed by atoms with van der Waals surface area (Å²) in [6.45, 7) is 3.21. The average molecular weight is 432 g/mol. The molecule has 1 aliphatic rings. The Hall–Kier alpha value is -1.94. The van der Waals surface area contributed by atoms with Gasteiger partial charge < -0.3 is 9.64 Å². The van der Waals surface area contributed by atoms with Crippen LogP contribution in [0.15, 0.2) is 29.2 Å². The van der Waals surface area contributed by atoms with E-state index in [2.05, 4.69) is 0 Å². The summed E-state index contributed by atoms with van der Waals surface area (Å²) in [6.07, 6.45) is 2.08. The first-order chi connectivity index (χ1) is 12.9. The smallest absolute Gasteiger partial charge is 0.338 e. The summed E-state index contributed by atoms with van der Waals surface area (Å²) in [6, 6.07) is 4.63. The van der Waals surface area contributed by atoms with Gasteiger partial charge in [-0.05, 0) is 44.0 Å². The molecule has 0 aliphatic carbocycles. The predicted octanol–water partition coefficient (Wildman–Crippen LogP) is 1.06. The number of hydrogen-bond donors (Lipinski definition) is 0. The zero-order valence-electron chi connectivity index (χ0n) is 16.1. The van der Waals surface area contributed by atoms with Crippen molar-refractivity contribution in [1.82, 2.24) is 4.90 Å². The van der Waals surface area contributed by atoms with Crippen LogP contribution in [-0.2, 0) is 29.2 Å². The van der Waals surface area contributed by atoms with Crippen molar-refractivity contribution in [3.8, 4) is 0 Å². The molecule has 2 unspecified atom stereocenters. The monoisotopic (exact) mass is 431 g/mol. The van der Waals surface area contributed by atoms with Gasteiger partial charge in [-0.2, -0.15) is 0 Å². The van der Waals surface area contributed by atoms with Crippen LogP contribution < -0.4 is 0 Å². The molecule has 1 aromatic carbocycles. The molecule has 0 N–H and O–H groups in total. The number of hydrogen-bond acceptors (Lipinski definition) is 7. The Kier molecular flexibility index (Phi) is 6.87. The van der Waals surface area contributed by atoms with Gasteiger partial charge in [0.05, 0.1) is 22.0 Å². The van der Waals surface area contributed by atoms with Crippen LogP contribution in [0.2, 0.25) is 0 Å². The summed E-state index contributed by atoms with van der Waals surface area (Å²) < 4.78 is 51.5. The Morgan fingerprint density at radius 2 is 1.86 bits per heavy atom. The highest BCUT2D eigenvalue weighted by Crippen LogP contribution is 2.21. The van der Waals surface area contributed by atoms with Gasteiger partial charge in [-0.25, -0.2) is 21.6 Å². The van der Waals surface area contributed by atoms with E-state index in [4.69, 9.17) is 4.74 Å². The van der Waals surface area contributed by atoms with Crippen LogP contribution in [-0.4, -0.2) is 70.1 Å². The number of amides is 1. The number of nitrogens with zero attached hydrogens (tertiary/aromatic N) is 1. The third kappa shape index (κ3) is 5.54. The van der Waals surface area contributed by atoms with E-state index in [1.54, 1.807) is 0 Å². The summed E-state index contributed by atoms with van der Waals surface area (Å²) in [5, 5.41) is 0. The zero-order valence-corrected chi connectivity index (χ0v) is 17.8. The molecule has 0 saturated carbocycles. The minimum absolute atomic E-state index is 0.0460. The third-order valence-electron chi connectivity index (χ3n) is 4.80. The van der Waals surface area contributed by atoms with Crippen molar-refractivity contribution in [3.63, 3.8) is 0 Å². The zero-order chi connectivity index (χ0) is 21.1. The topological polar surface area (TPSA) is 115 Å². The molecule has 0 bridgehead atoms. The number of carbonyl (C=O) groups excluding carboxylic acids is 2. The van der Waals surface area contributed by atoms with Crippen LogP contribution in [0.5, 0.6) is 0 Å². The van der Waals surface area contributed by atoms with Gasteiger partial charge in [-0.15, -0.1) is 0 Å². The Morgan fingerprint density at radius 3 is 2.32 bits per heavy atom. The standard InChI is InChI=1S/C18H25NO7S2/c1-4-13(2)19(15-9-10-28(24,25)12-15)17(20)11-26-18(21)14-5-7-16(8-6-14)27(3,22)23/h5-8,13,15H,4,9-12H2,1-3H3.